The van der Waals surface area contributed by atoms with Gasteiger partial charge in [0.2, 0.25) is 0 Å². The monoisotopic (exact) mass is 425 g/mol. The number of carbonyl (C=O) groups is 2. The molecule has 0 spiro atoms. The van der Waals surface area contributed by atoms with Gasteiger partial charge in [0, 0.05) is 29.9 Å². The molecule has 0 saturated heterocycles. The summed E-state index contributed by atoms with van der Waals surface area (Å²) in [4.78, 5) is 28.4. The number of aromatic nitrogens is 1. The number of ether oxygens (including phenoxy) is 1. The lowest BCUT2D eigenvalue weighted by Crippen LogP contribution is -2.32. The molecule has 0 saturated carbocycles. The van der Waals surface area contributed by atoms with Gasteiger partial charge in [-0.1, -0.05) is 24.6 Å². The molecule has 2 unspecified atom stereocenters. The highest BCUT2D eigenvalue weighted by molar-refractivity contribution is 7.99. The molecule has 0 bridgehead atoms. The van der Waals surface area contributed by atoms with Crippen molar-refractivity contribution in [2.75, 3.05) is 5.75 Å². The molecular weight excluding hydrogens is 398 g/mol. The Balaban J connectivity index is 1.71. The molecule has 1 N–H and O–H groups in total. The molecule has 0 fully saturated rings. The molecule has 0 aliphatic carbocycles. The van der Waals surface area contributed by atoms with E-state index < -0.39 is 12.1 Å². The first-order valence-corrected chi connectivity index (χ1v) is 11.0. The highest BCUT2D eigenvalue weighted by Gasteiger charge is 2.34. The number of nitrogens with zero attached hydrogens (tertiary/aromatic N) is 1. The number of esters is 1. The van der Waals surface area contributed by atoms with Crippen molar-refractivity contribution in [3.63, 3.8) is 0 Å². The van der Waals surface area contributed by atoms with Gasteiger partial charge in [-0.3, -0.25) is 4.79 Å². The summed E-state index contributed by atoms with van der Waals surface area (Å²) < 4.78 is 5.73. The van der Waals surface area contributed by atoms with Gasteiger partial charge >= 0.3 is 5.97 Å². The second kappa shape index (κ2) is 9.04. The third-order valence-electron chi connectivity index (χ3n) is 5.34. The van der Waals surface area contributed by atoms with Crippen LogP contribution in [-0.4, -0.2) is 33.7 Å². The van der Waals surface area contributed by atoms with Crippen molar-refractivity contribution < 1.29 is 19.4 Å². The van der Waals surface area contributed by atoms with Crippen LogP contribution in [-0.2, 0) is 9.53 Å². The summed E-state index contributed by atoms with van der Waals surface area (Å²) in [6.07, 6.45) is 1.48. The number of pyridine rings is 1. The second-order valence-corrected chi connectivity index (χ2v) is 9.01. The van der Waals surface area contributed by atoms with E-state index in [9.17, 15) is 14.7 Å². The van der Waals surface area contributed by atoms with Crippen molar-refractivity contribution in [3.05, 3.63) is 64.0 Å². The summed E-state index contributed by atoms with van der Waals surface area (Å²) in [5.41, 5.74) is 4.64. The minimum Gasteiger partial charge on any atom is -0.511 e. The number of aryl methyl sites for hydroxylation is 3. The van der Waals surface area contributed by atoms with Gasteiger partial charge in [-0.15, -0.1) is 11.8 Å². The van der Waals surface area contributed by atoms with Crippen LogP contribution in [0.4, 0.5) is 0 Å². The first-order chi connectivity index (χ1) is 14.2. The van der Waals surface area contributed by atoms with Gasteiger partial charge in [-0.05, 0) is 56.5 Å². The van der Waals surface area contributed by atoms with Gasteiger partial charge in [0.1, 0.15) is 17.4 Å². The van der Waals surface area contributed by atoms with Crippen LogP contribution in [0.3, 0.4) is 0 Å². The highest BCUT2D eigenvalue weighted by atomic mass is 32.2. The second-order valence-electron chi connectivity index (χ2n) is 7.97. The molecule has 1 aromatic carbocycles. The van der Waals surface area contributed by atoms with Crippen LogP contribution in [0, 0.1) is 26.7 Å². The van der Waals surface area contributed by atoms with E-state index in [4.69, 9.17) is 4.74 Å². The number of rotatable bonds is 6. The number of benzene rings is 1. The summed E-state index contributed by atoms with van der Waals surface area (Å²) in [6.45, 7) is 9.40. The van der Waals surface area contributed by atoms with Crippen molar-refractivity contribution in [1.82, 2.24) is 4.98 Å². The molecule has 1 aliphatic heterocycles. The lowest BCUT2D eigenvalue weighted by atomic mass is 9.89. The zero-order valence-electron chi connectivity index (χ0n) is 18.0. The maximum Gasteiger partial charge on any atom is 0.342 e. The molecule has 0 amide bonds. The van der Waals surface area contributed by atoms with Crippen LogP contribution >= 0.6 is 11.8 Å². The summed E-state index contributed by atoms with van der Waals surface area (Å²) in [5, 5.41) is 11.5. The minimum atomic E-state index is -0.473. The fraction of sp³-hybridized carbons (Fsp3) is 0.375. The molecule has 6 heteroatoms. The summed E-state index contributed by atoms with van der Waals surface area (Å²) in [5.74, 6) is 0.303. The molecule has 3 rings (SSSR count). The van der Waals surface area contributed by atoms with Gasteiger partial charge in [0.05, 0.1) is 5.03 Å². The van der Waals surface area contributed by atoms with Crippen molar-refractivity contribution in [1.29, 1.82) is 0 Å². The van der Waals surface area contributed by atoms with Crippen LogP contribution in [0.15, 0.2) is 41.2 Å². The molecule has 2 heterocycles. The van der Waals surface area contributed by atoms with E-state index in [2.05, 4.69) is 4.98 Å². The quantitative estimate of drug-likeness (QED) is 0.388. The molecule has 30 heavy (non-hydrogen) atoms. The van der Waals surface area contributed by atoms with E-state index in [1.807, 2.05) is 45.9 Å². The third kappa shape index (κ3) is 4.75. The van der Waals surface area contributed by atoms with E-state index in [-0.39, 0.29) is 23.0 Å². The Morgan fingerprint density at radius 2 is 1.93 bits per heavy atom. The molecule has 0 radical (unpaired) electrons. The summed E-state index contributed by atoms with van der Waals surface area (Å²) in [7, 11) is 0. The van der Waals surface area contributed by atoms with Gasteiger partial charge < -0.3 is 9.84 Å². The number of thioether (sulfide) groups is 1. The van der Waals surface area contributed by atoms with Gasteiger partial charge in [0.15, 0.2) is 5.78 Å². The van der Waals surface area contributed by atoms with Crippen LogP contribution in [0.25, 0.3) is 5.57 Å². The van der Waals surface area contributed by atoms with Crippen LogP contribution < -0.4 is 0 Å². The lowest BCUT2D eigenvalue weighted by molar-refractivity contribution is -0.145. The maximum atomic E-state index is 12.8. The first-order valence-electron chi connectivity index (χ1n) is 9.98. The Morgan fingerprint density at radius 3 is 2.47 bits per heavy atom. The number of aliphatic hydroxyl groups is 1. The minimum absolute atomic E-state index is 0.0151. The molecule has 2 aromatic rings. The number of ketones is 1. The van der Waals surface area contributed by atoms with Crippen molar-refractivity contribution in [3.8, 4) is 0 Å². The predicted octanol–water partition coefficient (Wildman–Crippen LogP) is 5.22. The number of aliphatic hydroxyl groups excluding tert-OH is 1. The number of hydrogen-bond acceptors (Lipinski definition) is 6. The number of hydrogen-bond donors (Lipinski definition) is 1. The first kappa shape index (κ1) is 22.1. The van der Waals surface area contributed by atoms with Crippen molar-refractivity contribution in [2.45, 2.75) is 52.2 Å². The Morgan fingerprint density at radius 1 is 1.27 bits per heavy atom. The zero-order chi connectivity index (χ0) is 22.0. The maximum absolute atomic E-state index is 12.8. The van der Waals surface area contributed by atoms with Gasteiger partial charge in [0.25, 0.3) is 0 Å². The molecule has 1 aliphatic rings. The average molecular weight is 426 g/mol. The van der Waals surface area contributed by atoms with Gasteiger partial charge in [-0.25, -0.2) is 9.78 Å². The summed E-state index contributed by atoms with van der Waals surface area (Å²) >= 11 is 1.54. The SMILES string of the molecule is CC(=O)c1ccc(SCC(C)C2CC(O)=C(c3c(C)cc(C)cc3C)C(=O)O2)nc1. The Hall–Kier alpha value is -2.60. The van der Waals surface area contributed by atoms with Crippen LogP contribution in [0.5, 0.6) is 0 Å². The Labute approximate surface area is 181 Å². The Bertz CT molecular complexity index is 987. The van der Waals surface area contributed by atoms with E-state index >= 15 is 0 Å². The topological polar surface area (TPSA) is 76.5 Å². The van der Waals surface area contributed by atoms with E-state index in [1.165, 1.54) is 18.7 Å². The zero-order valence-corrected chi connectivity index (χ0v) is 18.8. The average Bonchev–Trinajstić information content (AvgIpc) is 2.67. The molecular formula is C24H27NO4S. The molecule has 1 aromatic heterocycles. The fourth-order valence-corrected chi connectivity index (χ4v) is 4.72. The smallest absolute Gasteiger partial charge is 0.342 e. The fourth-order valence-electron chi connectivity index (χ4n) is 3.78. The number of cyclic esters (lactones) is 1. The summed E-state index contributed by atoms with van der Waals surface area (Å²) in [6, 6.07) is 7.59. The lowest BCUT2D eigenvalue weighted by Gasteiger charge is -2.29. The van der Waals surface area contributed by atoms with Gasteiger partial charge in [-0.2, -0.15) is 0 Å². The van der Waals surface area contributed by atoms with E-state index in [0.29, 0.717) is 17.7 Å². The largest absolute Gasteiger partial charge is 0.511 e. The molecule has 2 atom stereocenters. The standard InChI is InChI=1S/C24H27NO4S/c1-13-8-14(2)22(15(3)9-13)23-19(27)10-20(29-24(23)28)16(4)12-30-21-7-6-18(11-25-21)17(5)26/h6-9,11,16,20,27H,10,12H2,1-5H3. The van der Waals surface area contributed by atoms with E-state index in [0.717, 1.165) is 27.3 Å². The normalized spacial score (nSPS) is 17.6. The number of carbonyl (C=O) groups excluding carboxylic acids is 2. The van der Waals surface area contributed by atoms with Crippen molar-refractivity contribution in [2.24, 2.45) is 5.92 Å². The number of Topliss-reactive ketones (excluding diaryl/α,β-unsaturated/α-hetero) is 1. The molecule has 158 valence electrons. The predicted molar refractivity (Wildman–Crippen MR) is 119 cm³/mol. The highest BCUT2D eigenvalue weighted by Crippen LogP contribution is 2.35. The Kier molecular flexibility index (Phi) is 6.66. The third-order valence-corrected chi connectivity index (χ3v) is 6.57. The molecule has 5 nitrogen and oxygen atoms in total. The van der Waals surface area contributed by atoms with E-state index in [1.54, 1.807) is 12.3 Å². The van der Waals surface area contributed by atoms with Crippen LogP contribution in [0.2, 0.25) is 0 Å². The van der Waals surface area contributed by atoms with Crippen molar-refractivity contribution >= 4 is 29.1 Å². The van der Waals surface area contributed by atoms with Crippen LogP contribution in [0.1, 0.15) is 52.9 Å².